The van der Waals surface area contributed by atoms with Crippen molar-refractivity contribution < 1.29 is 9.50 Å². The van der Waals surface area contributed by atoms with Crippen LogP contribution in [0.15, 0.2) is 50.9 Å². The van der Waals surface area contributed by atoms with Gasteiger partial charge in [-0.15, -0.1) is 0 Å². The highest BCUT2D eigenvalue weighted by Crippen LogP contribution is 2.30. The van der Waals surface area contributed by atoms with E-state index in [0.717, 1.165) is 9.50 Å². The van der Waals surface area contributed by atoms with Crippen molar-refractivity contribution in [1.29, 1.82) is 0 Å². The molecular formula is C13H11BrFNOS. The van der Waals surface area contributed by atoms with Crippen LogP contribution < -0.4 is 0 Å². The quantitative estimate of drug-likeness (QED) is 0.917. The zero-order valence-electron chi connectivity index (χ0n) is 9.60. The summed E-state index contributed by atoms with van der Waals surface area (Å²) in [7, 11) is 0. The van der Waals surface area contributed by atoms with E-state index in [9.17, 15) is 9.50 Å². The Morgan fingerprint density at radius 1 is 1.33 bits per heavy atom. The first-order valence-corrected chi connectivity index (χ1v) is 6.94. The predicted octanol–water partition coefficient (Wildman–Crippen LogP) is 4.19. The Morgan fingerprint density at radius 2 is 2.11 bits per heavy atom. The second kappa shape index (κ2) is 5.82. The zero-order valence-corrected chi connectivity index (χ0v) is 12.0. The van der Waals surface area contributed by atoms with Crippen molar-refractivity contribution in [2.45, 2.75) is 22.9 Å². The number of halogens is 2. The van der Waals surface area contributed by atoms with E-state index < -0.39 is 6.10 Å². The number of pyridine rings is 1. The first-order chi connectivity index (χ1) is 8.56. The van der Waals surface area contributed by atoms with Crippen LogP contribution in [-0.2, 0) is 0 Å². The molecule has 0 spiro atoms. The van der Waals surface area contributed by atoms with Crippen LogP contribution in [0.3, 0.4) is 0 Å². The van der Waals surface area contributed by atoms with Gasteiger partial charge in [-0.2, -0.15) is 0 Å². The summed E-state index contributed by atoms with van der Waals surface area (Å²) in [6.07, 6.45) is 1.01. The molecule has 1 aromatic heterocycles. The standard InChI is InChI=1S/C13H11BrFNOS/c1-8(17)9-2-4-12(11(15)6-9)18-13-5-3-10(14)7-16-13/h2-8,17H,1H3. The summed E-state index contributed by atoms with van der Waals surface area (Å²) in [6.45, 7) is 1.61. The van der Waals surface area contributed by atoms with E-state index in [1.165, 1.54) is 17.8 Å². The average molecular weight is 328 g/mol. The van der Waals surface area contributed by atoms with E-state index in [1.807, 2.05) is 12.1 Å². The fourth-order valence-corrected chi connectivity index (χ4v) is 2.39. The molecule has 5 heteroatoms. The molecule has 1 unspecified atom stereocenters. The topological polar surface area (TPSA) is 33.1 Å². The molecule has 0 aliphatic heterocycles. The minimum atomic E-state index is -0.663. The number of benzene rings is 1. The first kappa shape index (κ1) is 13.5. The van der Waals surface area contributed by atoms with Gasteiger partial charge in [-0.05, 0) is 52.7 Å². The molecule has 94 valence electrons. The molecule has 1 atom stereocenters. The summed E-state index contributed by atoms with van der Waals surface area (Å²) in [6, 6.07) is 8.40. The zero-order chi connectivity index (χ0) is 13.1. The Bertz CT molecular complexity index is 545. The summed E-state index contributed by atoms with van der Waals surface area (Å²) in [4.78, 5) is 4.67. The van der Waals surface area contributed by atoms with Crippen molar-refractivity contribution in [1.82, 2.24) is 4.98 Å². The molecule has 1 heterocycles. The minimum Gasteiger partial charge on any atom is -0.389 e. The van der Waals surface area contributed by atoms with Crippen LogP contribution in [0.2, 0.25) is 0 Å². The highest BCUT2D eigenvalue weighted by Gasteiger charge is 2.08. The summed E-state index contributed by atoms with van der Waals surface area (Å²) in [5, 5.41) is 10.1. The number of hydrogen-bond donors (Lipinski definition) is 1. The first-order valence-electron chi connectivity index (χ1n) is 5.33. The van der Waals surface area contributed by atoms with Crippen molar-refractivity contribution in [3.05, 3.63) is 52.4 Å². The van der Waals surface area contributed by atoms with Gasteiger partial charge in [0.25, 0.3) is 0 Å². The third kappa shape index (κ3) is 3.31. The minimum absolute atomic E-state index is 0.344. The second-order valence-electron chi connectivity index (χ2n) is 3.78. The van der Waals surface area contributed by atoms with Gasteiger partial charge >= 0.3 is 0 Å². The molecule has 1 aromatic carbocycles. The van der Waals surface area contributed by atoms with Crippen molar-refractivity contribution in [3.63, 3.8) is 0 Å². The lowest BCUT2D eigenvalue weighted by Gasteiger charge is -2.07. The maximum atomic E-state index is 13.8. The van der Waals surface area contributed by atoms with Crippen LogP contribution in [0.4, 0.5) is 4.39 Å². The smallest absolute Gasteiger partial charge is 0.137 e. The van der Waals surface area contributed by atoms with Gasteiger partial charge in [-0.25, -0.2) is 9.37 Å². The molecule has 0 radical (unpaired) electrons. The third-order valence-corrected chi connectivity index (χ3v) is 3.82. The van der Waals surface area contributed by atoms with Crippen LogP contribution in [-0.4, -0.2) is 10.1 Å². The lowest BCUT2D eigenvalue weighted by molar-refractivity contribution is 0.198. The van der Waals surface area contributed by atoms with E-state index in [0.29, 0.717) is 10.5 Å². The van der Waals surface area contributed by atoms with Crippen molar-refractivity contribution >= 4 is 27.7 Å². The van der Waals surface area contributed by atoms with Gasteiger partial charge in [0.15, 0.2) is 0 Å². The fraction of sp³-hybridized carbons (Fsp3) is 0.154. The van der Waals surface area contributed by atoms with Crippen LogP contribution >= 0.6 is 27.7 Å². The molecule has 2 nitrogen and oxygen atoms in total. The predicted molar refractivity (Wildman–Crippen MR) is 73.1 cm³/mol. The summed E-state index contributed by atoms with van der Waals surface area (Å²) in [5.41, 5.74) is 0.570. The molecule has 0 fully saturated rings. The number of aromatic nitrogens is 1. The second-order valence-corrected chi connectivity index (χ2v) is 5.76. The lowest BCUT2D eigenvalue weighted by atomic mass is 10.1. The monoisotopic (exact) mass is 327 g/mol. The molecular weight excluding hydrogens is 317 g/mol. The lowest BCUT2D eigenvalue weighted by Crippen LogP contribution is -1.93. The Hall–Kier alpha value is -0.910. The van der Waals surface area contributed by atoms with E-state index in [4.69, 9.17) is 0 Å². The van der Waals surface area contributed by atoms with Crippen molar-refractivity contribution in [2.24, 2.45) is 0 Å². The van der Waals surface area contributed by atoms with E-state index >= 15 is 0 Å². The van der Waals surface area contributed by atoms with Gasteiger partial charge in [0.2, 0.25) is 0 Å². The van der Waals surface area contributed by atoms with Gasteiger partial charge in [-0.1, -0.05) is 17.8 Å². The van der Waals surface area contributed by atoms with Gasteiger partial charge in [0.1, 0.15) is 10.8 Å². The van der Waals surface area contributed by atoms with Gasteiger partial charge in [0.05, 0.1) is 6.10 Å². The van der Waals surface area contributed by atoms with Crippen molar-refractivity contribution in [2.75, 3.05) is 0 Å². The highest BCUT2D eigenvalue weighted by molar-refractivity contribution is 9.10. The normalized spacial score (nSPS) is 12.4. The molecule has 0 aliphatic rings. The highest BCUT2D eigenvalue weighted by atomic mass is 79.9. The van der Waals surface area contributed by atoms with E-state index in [-0.39, 0.29) is 5.82 Å². The molecule has 0 saturated heterocycles. The Balaban J connectivity index is 2.22. The van der Waals surface area contributed by atoms with Crippen LogP contribution in [0.1, 0.15) is 18.6 Å². The molecule has 18 heavy (non-hydrogen) atoms. The average Bonchev–Trinajstić information content (AvgIpc) is 2.34. The Morgan fingerprint density at radius 3 is 2.67 bits per heavy atom. The summed E-state index contributed by atoms with van der Waals surface area (Å²) >= 11 is 4.55. The largest absolute Gasteiger partial charge is 0.389 e. The molecule has 0 amide bonds. The van der Waals surface area contributed by atoms with Crippen LogP contribution in [0.5, 0.6) is 0 Å². The number of hydrogen-bond acceptors (Lipinski definition) is 3. The summed E-state index contributed by atoms with van der Waals surface area (Å²) in [5.74, 6) is -0.344. The molecule has 2 rings (SSSR count). The van der Waals surface area contributed by atoms with Gasteiger partial charge in [-0.3, -0.25) is 0 Å². The molecule has 0 saturated carbocycles. The number of nitrogens with zero attached hydrogens (tertiary/aromatic N) is 1. The number of aliphatic hydroxyl groups is 1. The molecule has 0 bridgehead atoms. The summed E-state index contributed by atoms with van der Waals surface area (Å²) < 4.78 is 14.7. The van der Waals surface area contributed by atoms with Crippen LogP contribution in [0.25, 0.3) is 0 Å². The molecule has 2 aromatic rings. The molecule has 0 aliphatic carbocycles. The van der Waals surface area contributed by atoms with Gasteiger partial charge < -0.3 is 5.11 Å². The SMILES string of the molecule is CC(O)c1ccc(Sc2ccc(Br)cn2)c(F)c1. The van der Waals surface area contributed by atoms with Gasteiger partial charge in [0, 0.05) is 15.6 Å². The number of aliphatic hydroxyl groups excluding tert-OH is 1. The number of rotatable bonds is 3. The van der Waals surface area contributed by atoms with E-state index in [1.54, 1.807) is 25.3 Å². The third-order valence-electron chi connectivity index (χ3n) is 2.35. The maximum absolute atomic E-state index is 13.8. The molecule has 1 N–H and O–H groups in total. The Labute approximate surface area is 117 Å². The fourth-order valence-electron chi connectivity index (χ4n) is 1.40. The maximum Gasteiger partial charge on any atom is 0.137 e. The Kier molecular flexibility index (Phi) is 4.37. The van der Waals surface area contributed by atoms with E-state index in [2.05, 4.69) is 20.9 Å². The van der Waals surface area contributed by atoms with Crippen molar-refractivity contribution in [3.8, 4) is 0 Å². The van der Waals surface area contributed by atoms with Crippen LogP contribution in [0, 0.1) is 5.82 Å².